The standard InChI is InChI=1S/C37H57N5O8S2/c1-8-23(4)32(40-34(44)28-11-9-10-13-41(28)5)36(45)42(14-15-48-6)29(22(2)3)19-30(50-21-49-7)35-39-27(20-52-35)33(43)38-24-17-26(37(46)47)25-12-16-51-31(25)18-24/h12,16,20,22-24,26,28-30,32H,8-11,13-15,17-19,21H2,1-7H3,(H,38,43)(H,40,44)(H,46,47)/t23?,24-,26-,28?,29-,30-,32?/m1/s1. The predicted octanol–water partition coefficient (Wildman–Crippen LogP) is 4.68. The van der Waals surface area contributed by atoms with Crippen molar-refractivity contribution in [3.05, 3.63) is 38.0 Å². The largest absolute Gasteiger partial charge is 0.481 e. The molecule has 0 bridgehead atoms. The van der Waals surface area contributed by atoms with Gasteiger partial charge in [0.1, 0.15) is 29.6 Å². The van der Waals surface area contributed by atoms with E-state index in [0.717, 1.165) is 36.2 Å². The van der Waals surface area contributed by atoms with Crippen LogP contribution in [0.3, 0.4) is 0 Å². The minimum Gasteiger partial charge on any atom is -0.481 e. The van der Waals surface area contributed by atoms with Crippen LogP contribution in [0.4, 0.5) is 0 Å². The molecule has 3 N–H and O–H groups in total. The van der Waals surface area contributed by atoms with E-state index in [1.807, 2.05) is 51.1 Å². The zero-order chi connectivity index (χ0) is 37.9. The molecule has 0 saturated carbocycles. The maximum atomic E-state index is 14.6. The number of thiazole rings is 1. The Kier molecular flexibility index (Phi) is 16.0. The molecule has 1 saturated heterocycles. The Balaban J connectivity index is 1.55. The third-order valence-electron chi connectivity index (χ3n) is 10.5. The summed E-state index contributed by atoms with van der Waals surface area (Å²) in [4.78, 5) is 63.2. The number of fused-ring (bicyclic) bond motifs is 1. The third-order valence-corrected chi connectivity index (χ3v) is 12.3. The number of ether oxygens (including phenoxy) is 3. The summed E-state index contributed by atoms with van der Waals surface area (Å²) >= 11 is 2.79. The molecule has 3 unspecified atom stereocenters. The van der Waals surface area contributed by atoms with Gasteiger partial charge in [-0.3, -0.25) is 24.1 Å². The lowest BCUT2D eigenvalue weighted by atomic mass is 9.84. The van der Waals surface area contributed by atoms with E-state index >= 15 is 0 Å². The Morgan fingerprint density at radius 2 is 1.90 bits per heavy atom. The van der Waals surface area contributed by atoms with E-state index < -0.39 is 24.0 Å². The molecule has 0 radical (unpaired) electrons. The molecule has 2 aliphatic rings. The van der Waals surface area contributed by atoms with Crippen LogP contribution in [0.1, 0.15) is 104 Å². The van der Waals surface area contributed by atoms with Gasteiger partial charge in [-0.25, -0.2) is 4.98 Å². The highest BCUT2D eigenvalue weighted by Crippen LogP contribution is 2.36. The normalized spacial score (nSPS) is 21.5. The maximum Gasteiger partial charge on any atom is 0.311 e. The summed E-state index contributed by atoms with van der Waals surface area (Å²) < 4.78 is 16.9. The number of carbonyl (C=O) groups is 4. The number of aliphatic carboxylic acids is 1. The summed E-state index contributed by atoms with van der Waals surface area (Å²) in [5.41, 5.74) is 1.04. The number of rotatable bonds is 19. The first-order chi connectivity index (χ1) is 24.9. The lowest BCUT2D eigenvalue weighted by Crippen LogP contribution is -2.59. The van der Waals surface area contributed by atoms with Crippen LogP contribution in [0, 0.1) is 11.8 Å². The van der Waals surface area contributed by atoms with E-state index in [1.165, 1.54) is 29.8 Å². The average molecular weight is 764 g/mol. The van der Waals surface area contributed by atoms with E-state index in [2.05, 4.69) is 15.5 Å². The predicted molar refractivity (Wildman–Crippen MR) is 201 cm³/mol. The molecular formula is C37H57N5O8S2. The Bertz CT molecular complexity index is 1480. The van der Waals surface area contributed by atoms with Crippen molar-refractivity contribution >= 4 is 46.4 Å². The molecule has 1 fully saturated rings. The molecular weight excluding hydrogens is 707 g/mol. The molecule has 1 aliphatic heterocycles. The van der Waals surface area contributed by atoms with E-state index in [4.69, 9.17) is 19.2 Å². The van der Waals surface area contributed by atoms with Crippen LogP contribution in [0.5, 0.6) is 0 Å². The molecule has 13 nitrogen and oxygen atoms in total. The molecule has 0 spiro atoms. The minimum atomic E-state index is -0.903. The molecule has 2 aromatic rings. The summed E-state index contributed by atoms with van der Waals surface area (Å²) in [6.07, 6.45) is 4.12. The maximum absolute atomic E-state index is 14.6. The van der Waals surface area contributed by atoms with Gasteiger partial charge in [0.15, 0.2) is 0 Å². The van der Waals surface area contributed by atoms with Gasteiger partial charge < -0.3 is 34.9 Å². The number of likely N-dealkylation sites (N-methyl/N-ethyl adjacent to an activating group) is 1. The van der Waals surface area contributed by atoms with Gasteiger partial charge in [0.2, 0.25) is 11.8 Å². The SMILES string of the molecule is CCC(C)C(NC(=O)C1CCCCN1C)C(=O)N(CCOC)[C@H](C[C@@H](OCOC)c1nc(C(=O)N[C@H]2Cc3sccc3[C@H](C(=O)O)C2)cs1)C(C)C. The number of carbonyl (C=O) groups excluding carboxylic acids is 3. The number of methoxy groups -OCH3 is 2. The van der Waals surface area contributed by atoms with E-state index in [0.29, 0.717) is 43.8 Å². The fraction of sp³-hybridized carbons (Fsp3) is 0.703. The number of likely N-dealkylation sites (tertiary alicyclic amines) is 1. The number of hydrogen-bond acceptors (Lipinski definition) is 11. The van der Waals surface area contributed by atoms with Crippen LogP contribution in [0.15, 0.2) is 16.8 Å². The monoisotopic (exact) mass is 763 g/mol. The van der Waals surface area contributed by atoms with Crippen molar-refractivity contribution in [2.45, 2.75) is 109 Å². The quantitative estimate of drug-likeness (QED) is 0.172. The van der Waals surface area contributed by atoms with Crippen molar-refractivity contribution in [2.24, 2.45) is 11.8 Å². The summed E-state index contributed by atoms with van der Waals surface area (Å²) in [6, 6.07) is 0.199. The van der Waals surface area contributed by atoms with Crippen molar-refractivity contribution in [1.29, 1.82) is 0 Å². The number of aromatic nitrogens is 1. The van der Waals surface area contributed by atoms with Gasteiger partial charge in [-0.2, -0.15) is 0 Å². The van der Waals surface area contributed by atoms with Crippen LogP contribution in [0.2, 0.25) is 0 Å². The lowest BCUT2D eigenvalue weighted by molar-refractivity contribution is -0.144. The lowest BCUT2D eigenvalue weighted by Gasteiger charge is -2.40. The summed E-state index contributed by atoms with van der Waals surface area (Å²) in [7, 11) is 5.09. The van der Waals surface area contributed by atoms with Crippen molar-refractivity contribution in [3.63, 3.8) is 0 Å². The summed E-state index contributed by atoms with van der Waals surface area (Å²) in [6.45, 7) is 9.56. The number of nitrogens with one attached hydrogen (secondary N) is 2. The fourth-order valence-electron chi connectivity index (χ4n) is 7.20. The second kappa shape index (κ2) is 19.9. The molecule has 3 amide bonds. The molecule has 0 aromatic carbocycles. The number of amides is 3. The molecule has 3 heterocycles. The van der Waals surface area contributed by atoms with E-state index in [9.17, 15) is 24.3 Å². The molecule has 15 heteroatoms. The fourth-order valence-corrected chi connectivity index (χ4v) is 9.09. The van der Waals surface area contributed by atoms with Crippen LogP contribution in [-0.4, -0.2) is 116 Å². The van der Waals surface area contributed by atoms with E-state index in [1.54, 1.807) is 12.5 Å². The van der Waals surface area contributed by atoms with Gasteiger partial charge in [-0.05, 0) is 61.7 Å². The zero-order valence-electron chi connectivity index (χ0n) is 31.6. The molecule has 290 valence electrons. The molecule has 2 aromatic heterocycles. The number of piperidine rings is 1. The van der Waals surface area contributed by atoms with Gasteiger partial charge in [-0.15, -0.1) is 22.7 Å². The molecule has 52 heavy (non-hydrogen) atoms. The second-order valence-corrected chi connectivity index (χ2v) is 16.3. The van der Waals surface area contributed by atoms with E-state index in [-0.39, 0.29) is 60.2 Å². The average Bonchev–Trinajstić information content (AvgIpc) is 3.81. The second-order valence-electron chi connectivity index (χ2n) is 14.4. The highest BCUT2D eigenvalue weighted by molar-refractivity contribution is 7.10. The number of carboxylic acid groups (broad SMARTS) is 1. The van der Waals surface area contributed by atoms with Gasteiger partial charge >= 0.3 is 5.97 Å². The van der Waals surface area contributed by atoms with Crippen LogP contribution in [0.25, 0.3) is 0 Å². The van der Waals surface area contributed by atoms with Gasteiger partial charge in [0.25, 0.3) is 5.91 Å². The molecule has 4 rings (SSSR count). The highest BCUT2D eigenvalue weighted by atomic mass is 32.1. The topological polar surface area (TPSA) is 160 Å². The van der Waals surface area contributed by atoms with Gasteiger partial charge in [0.05, 0.1) is 18.6 Å². The van der Waals surface area contributed by atoms with Crippen molar-refractivity contribution in [3.8, 4) is 0 Å². The Labute approximate surface area is 315 Å². The summed E-state index contributed by atoms with van der Waals surface area (Å²) in [5, 5.41) is 20.1. The third kappa shape index (κ3) is 10.6. The van der Waals surface area contributed by atoms with Gasteiger partial charge in [-0.1, -0.05) is 40.5 Å². The van der Waals surface area contributed by atoms with Crippen molar-refractivity contribution < 1.29 is 38.5 Å². The van der Waals surface area contributed by atoms with Crippen LogP contribution < -0.4 is 10.6 Å². The summed E-state index contributed by atoms with van der Waals surface area (Å²) in [5.74, 6) is -2.35. The molecule has 1 aliphatic carbocycles. The zero-order valence-corrected chi connectivity index (χ0v) is 33.2. The van der Waals surface area contributed by atoms with Gasteiger partial charge in [0, 0.05) is 55.9 Å². The van der Waals surface area contributed by atoms with Crippen molar-refractivity contribution in [1.82, 2.24) is 25.4 Å². The number of hydrogen-bond donors (Lipinski definition) is 3. The first-order valence-electron chi connectivity index (χ1n) is 18.4. The number of thiophene rings is 1. The van der Waals surface area contributed by atoms with Crippen molar-refractivity contribution in [2.75, 3.05) is 47.8 Å². The Morgan fingerprint density at radius 1 is 1.13 bits per heavy atom. The highest BCUT2D eigenvalue weighted by Gasteiger charge is 2.39. The smallest absolute Gasteiger partial charge is 0.311 e. The Hall–Kier alpha value is -2.95. The number of nitrogens with zero attached hydrogens (tertiary/aromatic N) is 3. The number of carboxylic acids is 1. The van der Waals surface area contributed by atoms with Crippen LogP contribution in [-0.2, 0) is 35.0 Å². The first kappa shape index (κ1) is 41.8. The minimum absolute atomic E-state index is 0.00873. The first-order valence-corrected chi connectivity index (χ1v) is 20.1. The molecule has 7 atom stereocenters. The Morgan fingerprint density at radius 3 is 2.56 bits per heavy atom. The van der Waals surface area contributed by atoms with Crippen LogP contribution >= 0.6 is 22.7 Å².